The maximum Gasteiger partial charge on any atom is 0.111 e. The number of piperidine rings is 1. The number of rotatable bonds is 4. The van der Waals surface area contributed by atoms with Crippen molar-refractivity contribution in [1.29, 1.82) is 0 Å². The molecule has 1 saturated heterocycles. The number of fused-ring (bicyclic) bond motifs is 1. The molecule has 3 rings (SSSR count). The second-order valence-corrected chi connectivity index (χ2v) is 6.72. The van der Waals surface area contributed by atoms with Gasteiger partial charge in [-0.1, -0.05) is 17.7 Å². The number of hydrogen-bond acceptors (Lipinski definition) is 2. The lowest BCUT2D eigenvalue weighted by Gasteiger charge is -2.29. The summed E-state index contributed by atoms with van der Waals surface area (Å²) in [6.45, 7) is 3.35. The summed E-state index contributed by atoms with van der Waals surface area (Å²) in [7, 11) is 2.19. The van der Waals surface area contributed by atoms with Crippen LogP contribution in [0.3, 0.4) is 0 Å². The fourth-order valence-corrected chi connectivity index (χ4v) is 3.61. The van der Waals surface area contributed by atoms with Gasteiger partial charge in [-0.25, -0.2) is 4.98 Å². The summed E-state index contributed by atoms with van der Waals surface area (Å²) < 4.78 is 2.30. The molecule has 0 amide bonds. The molecule has 0 unspecified atom stereocenters. The van der Waals surface area contributed by atoms with Crippen LogP contribution in [0.1, 0.15) is 18.7 Å². The molecule has 5 heteroatoms. The van der Waals surface area contributed by atoms with E-state index in [0.717, 1.165) is 34.8 Å². The van der Waals surface area contributed by atoms with Crippen molar-refractivity contribution in [2.75, 3.05) is 26.0 Å². The van der Waals surface area contributed by atoms with Crippen molar-refractivity contribution >= 4 is 34.2 Å². The van der Waals surface area contributed by atoms with Gasteiger partial charge in [0, 0.05) is 18.8 Å². The van der Waals surface area contributed by atoms with Crippen LogP contribution < -0.4 is 0 Å². The van der Waals surface area contributed by atoms with Crippen molar-refractivity contribution in [3.05, 3.63) is 29.0 Å². The van der Waals surface area contributed by atoms with Crippen molar-refractivity contribution in [3.8, 4) is 0 Å². The third-order valence-electron chi connectivity index (χ3n) is 4.39. The van der Waals surface area contributed by atoms with Gasteiger partial charge in [-0.3, -0.25) is 0 Å². The van der Waals surface area contributed by atoms with Gasteiger partial charge in [-0.05, 0) is 51.0 Å². The highest BCUT2D eigenvalue weighted by Gasteiger charge is 2.20. The van der Waals surface area contributed by atoms with Gasteiger partial charge in [0.2, 0.25) is 0 Å². The number of benzene rings is 1. The topological polar surface area (TPSA) is 21.1 Å². The average Bonchev–Trinajstić information content (AvgIpc) is 2.81. The standard InChI is InChI=1S/C16H21Cl2N3/c1-20-9-6-12(7-10-20)11-21-15(5-8-17)19-14-4-2-3-13(18)16(14)21/h2-4,12H,5-11H2,1H3. The number of nitrogens with zero attached hydrogens (tertiary/aromatic N) is 3. The zero-order valence-electron chi connectivity index (χ0n) is 12.4. The number of imidazole rings is 1. The monoisotopic (exact) mass is 325 g/mol. The number of para-hydroxylation sites is 1. The zero-order valence-corrected chi connectivity index (χ0v) is 13.9. The highest BCUT2D eigenvalue weighted by atomic mass is 35.5. The second-order valence-electron chi connectivity index (χ2n) is 5.93. The maximum atomic E-state index is 6.41. The Hall–Kier alpha value is -0.770. The number of halogens is 2. The average molecular weight is 326 g/mol. The first-order valence-corrected chi connectivity index (χ1v) is 8.48. The van der Waals surface area contributed by atoms with Gasteiger partial charge in [-0.15, -0.1) is 11.6 Å². The van der Waals surface area contributed by atoms with Crippen molar-refractivity contribution in [2.24, 2.45) is 5.92 Å². The number of hydrogen-bond donors (Lipinski definition) is 0. The normalized spacial score (nSPS) is 17.7. The first-order valence-electron chi connectivity index (χ1n) is 7.57. The Balaban J connectivity index is 1.93. The lowest BCUT2D eigenvalue weighted by molar-refractivity contribution is 0.205. The van der Waals surface area contributed by atoms with Gasteiger partial charge in [0.05, 0.1) is 16.1 Å². The summed E-state index contributed by atoms with van der Waals surface area (Å²) in [5, 5.41) is 0.786. The Morgan fingerprint density at radius 1 is 1.29 bits per heavy atom. The van der Waals surface area contributed by atoms with Crippen LogP contribution >= 0.6 is 23.2 Å². The maximum absolute atomic E-state index is 6.41. The predicted octanol–water partition coefficient (Wildman–Crippen LogP) is 3.81. The molecule has 114 valence electrons. The Morgan fingerprint density at radius 3 is 2.76 bits per heavy atom. The molecular formula is C16H21Cl2N3. The third kappa shape index (κ3) is 3.20. The van der Waals surface area contributed by atoms with Crippen molar-refractivity contribution in [2.45, 2.75) is 25.8 Å². The molecule has 0 spiro atoms. The van der Waals surface area contributed by atoms with Crippen LogP contribution in [0.4, 0.5) is 0 Å². The number of alkyl halides is 1. The van der Waals surface area contributed by atoms with Gasteiger partial charge in [0.25, 0.3) is 0 Å². The van der Waals surface area contributed by atoms with E-state index in [9.17, 15) is 0 Å². The van der Waals surface area contributed by atoms with E-state index in [0.29, 0.717) is 11.8 Å². The third-order valence-corrected chi connectivity index (χ3v) is 4.89. The van der Waals surface area contributed by atoms with Gasteiger partial charge >= 0.3 is 0 Å². The molecule has 2 aromatic rings. The molecular weight excluding hydrogens is 305 g/mol. The lowest BCUT2D eigenvalue weighted by Crippen LogP contribution is -2.32. The summed E-state index contributed by atoms with van der Waals surface area (Å²) in [6, 6.07) is 5.94. The summed E-state index contributed by atoms with van der Waals surface area (Å²) in [6.07, 6.45) is 3.26. The van der Waals surface area contributed by atoms with Crippen LogP contribution in [-0.2, 0) is 13.0 Å². The van der Waals surface area contributed by atoms with Crippen LogP contribution in [0.15, 0.2) is 18.2 Å². The first-order chi connectivity index (χ1) is 10.2. The Morgan fingerprint density at radius 2 is 2.05 bits per heavy atom. The van der Waals surface area contributed by atoms with E-state index in [1.165, 1.54) is 25.9 Å². The minimum absolute atomic E-state index is 0.592. The van der Waals surface area contributed by atoms with Crippen LogP contribution in [0.5, 0.6) is 0 Å². The van der Waals surface area contributed by atoms with E-state index in [1.54, 1.807) is 0 Å². The summed E-state index contributed by atoms with van der Waals surface area (Å²) in [5.74, 6) is 2.35. The van der Waals surface area contributed by atoms with E-state index in [2.05, 4.69) is 16.5 Å². The van der Waals surface area contributed by atoms with E-state index in [-0.39, 0.29) is 0 Å². The van der Waals surface area contributed by atoms with Crippen LogP contribution in [-0.4, -0.2) is 40.5 Å². The molecule has 1 fully saturated rings. The van der Waals surface area contributed by atoms with Crippen molar-refractivity contribution in [3.63, 3.8) is 0 Å². The minimum atomic E-state index is 0.592. The van der Waals surface area contributed by atoms with Gasteiger partial charge in [0.1, 0.15) is 5.82 Å². The number of aryl methyl sites for hydroxylation is 1. The molecule has 1 aliphatic heterocycles. The molecule has 1 aromatic heterocycles. The molecule has 0 saturated carbocycles. The fourth-order valence-electron chi connectivity index (χ4n) is 3.16. The van der Waals surface area contributed by atoms with Gasteiger partial charge in [-0.2, -0.15) is 0 Å². The molecule has 0 bridgehead atoms. The largest absolute Gasteiger partial charge is 0.326 e. The molecule has 1 aromatic carbocycles. The summed E-state index contributed by atoms with van der Waals surface area (Å²) in [5.41, 5.74) is 2.05. The molecule has 3 nitrogen and oxygen atoms in total. The highest BCUT2D eigenvalue weighted by molar-refractivity contribution is 6.35. The Bertz CT molecular complexity index is 615. The molecule has 21 heavy (non-hydrogen) atoms. The number of aromatic nitrogens is 2. The Labute approximate surface area is 135 Å². The fraction of sp³-hybridized carbons (Fsp3) is 0.562. The minimum Gasteiger partial charge on any atom is -0.326 e. The SMILES string of the molecule is CN1CCC(Cn2c(CCCl)nc3cccc(Cl)c32)CC1. The van der Waals surface area contributed by atoms with E-state index in [1.807, 2.05) is 18.2 Å². The quantitative estimate of drug-likeness (QED) is 0.797. The second kappa shape index (κ2) is 6.55. The molecule has 0 atom stereocenters. The van der Waals surface area contributed by atoms with Gasteiger partial charge < -0.3 is 9.47 Å². The molecule has 1 aliphatic rings. The van der Waals surface area contributed by atoms with Crippen molar-refractivity contribution in [1.82, 2.24) is 14.5 Å². The van der Waals surface area contributed by atoms with Gasteiger partial charge in [0.15, 0.2) is 0 Å². The number of likely N-dealkylation sites (tertiary alicyclic amines) is 1. The first kappa shape index (κ1) is 15.1. The van der Waals surface area contributed by atoms with Crippen LogP contribution in [0, 0.1) is 5.92 Å². The Kier molecular flexibility index (Phi) is 4.72. The summed E-state index contributed by atoms with van der Waals surface area (Å²) >= 11 is 12.4. The molecule has 2 heterocycles. The lowest BCUT2D eigenvalue weighted by atomic mass is 9.97. The van der Waals surface area contributed by atoms with Crippen LogP contribution in [0.25, 0.3) is 11.0 Å². The molecule has 0 N–H and O–H groups in total. The smallest absolute Gasteiger partial charge is 0.111 e. The van der Waals surface area contributed by atoms with E-state index in [4.69, 9.17) is 28.2 Å². The predicted molar refractivity (Wildman–Crippen MR) is 89.4 cm³/mol. The van der Waals surface area contributed by atoms with Crippen molar-refractivity contribution < 1.29 is 0 Å². The van der Waals surface area contributed by atoms with Crippen LogP contribution in [0.2, 0.25) is 5.02 Å². The highest BCUT2D eigenvalue weighted by Crippen LogP contribution is 2.28. The van der Waals surface area contributed by atoms with E-state index < -0.39 is 0 Å². The zero-order chi connectivity index (χ0) is 14.8. The summed E-state index contributed by atoms with van der Waals surface area (Å²) in [4.78, 5) is 7.13. The van der Waals surface area contributed by atoms with E-state index >= 15 is 0 Å². The molecule has 0 radical (unpaired) electrons. The molecule has 0 aliphatic carbocycles.